The van der Waals surface area contributed by atoms with E-state index in [9.17, 15) is 34.8 Å². The predicted molar refractivity (Wildman–Crippen MR) is 173 cm³/mol. The topological polar surface area (TPSA) is 183 Å². The van der Waals surface area contributed by atoms with E-state index in [1.54, 1.807) is 27.3 Å². The van der Waals surface area contributed by atoms with Gasteiger partial charge < -0.3 is 36.2 Å². The Morgan fingerprint density at radius 1 is 0.979 bits per heavy atom. The van der Waals surface area contributed by atoms with Crippen molar-refractivity contribution < 1.29 is 39.5 Å². The molecule has 3 aromatic rings. The van der Waals surface area contributed by atoms with Crippen LogP contribution in [-0.4, -0.2) is 75.6 Å². The normalized spacial score (nSPS) is 23.8. The summed E-state index contributed by atoms with van der Waals surface area (Å²) in [6.45, 7) is 1.31. The highest BCUT2D eigenvalue weighted by atomic mass is 16.5. The highest BCUT2D eigenvalue weighted by molar-refractivity contribution is 6.24. The van der Waals surface area contributed by atoms with Gasteiger partial charge in [0.15, 0.2) is 11.4 Å². The molecule has 11 nitrogen and oxygen atoms in total. The summed E-state index contributed by atoms with van der Waals surface area (Å²) in [5.41, 5.74) is 6.00. The molecule has 0 spiro atoms. The number of rotatable bonds is 8. The number of fused-ring (bicyclic) bond motifs is 3. The van der Waals surface area contributed by atoms with Crippen LogP contribution in [0.25, 0.3) is 11.1 Å². The molecule has 0 aliphatic heterocycles. The van der Waals surface area contributed by atoms with E-state index in [2.05, 4.69) is 5.32 Å². The van der Waals surface area contributed by atoms with E-state index >= 15 is 0 Å². The zero-order chi connectivity index (χ0) is 33.8. The highest BCUT2D eigenvalue weighted by Gasteiger charge is 2.63. The van der Waals surface area contributed by atoms with Crippen LogP contribution < -0.4 is 15.8 Å². The lowest BCUT2D eigenvalue weighted by atomic mass is 9.58. The molecule has 1 amide bonds. The number of phenols is 1. The minimum Gasteiger partial charge on any atom is -0.510 e. The lowest BCUT2D eigenvalue weighted by Crippen LogP contribution is -2.63. The number of allylic oxidation sites excluding steroid dienone is 1. The van der Waals surface area contributed by atoms with E-state index in [0.717, 1.165) is 28.0 Å². The minimum atomic E-state index is -2.67. The number of hydrogen-bond acceptors (Lipinski definition) is 10. The number of carbonyl (C=O) groups excluding carboxylic acids is 3. The number of nitrogens with zero attached hydrogens (tertiary/aromatic N) is 1. The van der Waals surface area contributed by atoms with Crippen LogP contribution in [0.2, 0.25) is 0 Å². The summed E-state index contributed by atoms with van der Waals surface area (Å²) in [5.74, 6) is -5.94. The van der Waals surface area contributed by atoms with Crippen LogP contribution in [0.5, 0.6) is 11.5 Å². The number of methoxy groups -OCH3 is 1. The maximum Gasteiger partial charge on any atom is 0.255 e. The number of amides is 1. The Bertz CT molecular complexity index is 1840. The Morgan fingerprint density at radius 3 is 2.17 bits per heavy atom. The number of primary amides is 1. The first-order valence-corrected chi connectivity index (χ1v) is 15.3. The van der Waals surface area contributed by atoms with Gasteiger partial charge in [0.2, 0.25) is 5.78 Å². The van der Waals surface area contributed by atoms with Crippen molar-refractivity contribution in [3.05, 3.63) is 106 Å². The summed E-state index contributed by atoms with van der Waals surface area (Å²) >= 11 is 0. The van der Waals surface area contributed by atoms with Gasteiger partial charge in [0.05, 0.1) is 18.7 Å². The molecule has 4 atom stereocenters. The summed E-state index contributed by atoms with van der Waals surface area (Å²) in [7, 11) is 4.83. The Hall–Kier alpha value is -4.97. The fraction of sp³-hybridized carbons (Fsp3) is 0.306. The molecule has 0 saturated heterocycles. The number of aliphatic hydroxyl groups excluding tert-OH is 2. The summed E-state index contributed by atoms with van der Waals surface area (Å²) in [4.78, 5) is 41.2. The molecule has 11 heteroatoms. The van der Waals surface area contributed by atoms with Gasteiger partial charge in [-0.05, 0) is 78.9 Å². The maximum atomic E-state index is 14.0. The van der Waals surface area contributed by atoms with Crippen molar-refractivity contribution in [3.8, 4) is 22.6 Å². The van der Waals surface area contributed by atoms with Crippen molar-refractivity contribution in [1.29, 1.82) is 0 Å². The molecule has 0 bridgehead atoms. The second-order valence-electron chi connectivity index (χ2n) is 12.6. The number of Topliss-reactive ketones (excluding diaryl/α,β-unsaturated/α-hetero) is 2. The third-order valence-electron chi connectivity index (χ3n) is 9.69. The number of nitrogens with one attached hydrogen (secondary N) is 1. The van der Waals surface area contributed by atoms with Crippen molar-refractivity contribution in [2.45, 2.75) is 37.6 Å². The number of nitrogens with two attached hydrogens (primary N) is 1. The first kappa shape index (κ1) is 32.0. The van der Waals surface area contributed by atoms with E-state index in [0.29, 0.717) is 18.7 Å². The van der Waals surface area contributed by atoms with E-state index in [-0.39, 0.29) is 29.7 Å². The number of likely N-dealkylation sites (N-methyl/N-ethyl adjacent to an activating group) is 1. The second-order valence-corrected chi connectivity index (χ2v) is 12.6. The Labute approximate surface area is 271 Å². The largest absolute Gasteiger partial charge is 0.510 e. The number of hydrogen-bond donors (Lipinski definition) is 6. The zero-order valence-corrected chi connectivity index (χ0v) is 26.3. The standard InChI is InChI=1S/C36H37N3O8/c1-39(2)30-25-15-21-14-24-23(20-8-4-18(5-9-20)16-38-17-19-6-10-22(47-3)11-7-19)12-13-26(40)28(24)31(41)27(21)33(43)36(25,46)34(44)29(32(30)42)35(37)45/h4-13,21,25,30,38,40,42-43,46H,14-17H2,1-3H3,(H2,37,45)/t21-,25-,30-,36+/m1/s1. The van der Waals surface area contributed by atoms with Crippen LogP contribution >= 0.6 is 0 Å². The number of benzene rings is 3. The third-order valence-corrected chi connectivity index (χ3v) is 9.69. The lowest BCUT2D eigenvalue weighted by molar-refractivity contribution is -0.148. The number of ether oxygens (including phenoxy) is 1. The van der Waals surface area contributed by atoms with Crippen molar-refractivity contribution in [3.63, 3.8) is 0 Å². The molecule has 0 fully saturated rings. The van der Waals surface area contributed by atoms with E-state index in [4.69, 9.17) is 10.5 Å². The molecule has 244 valence electrons. The van der Waals surface area contributed by atoms with Gasteiger partial charge in [0, 0.05) is 24.6 Å². The van der Waals surface area contributed by atoms with Crippen LogP contribution in [0.1, 0.15) is 33.5 Å². The van der Waals surface area contributed by atoms with Crippen LogP contribution in [0.3, 0.4) is 0 Å². The molecule has 3 aliphatic rings. The number of carbonyl (C=O) groups is 3. The van der Waals surface area contributed by atoms with Gasteiger partial charge in [0.25, 0.3) is 5.91 Å². The molecule has 6 rings (SSSR count). The molecule has 3 aliphatic carbocycles. The molecular formula is C36H37N3O8. The first-order chi connectivity index (χ1) is 22.4. The molecule has 3 aromatic carbocycles. The second kappa shape index (κ2) is 12.0. The lowest BCUT2D eigenvalue weighted by Gasteiger charge is -2.50. The van der Waals surface area contributed by atoms with E-state index in [1.807, 2.05) is 48.5 Å². The number of phenolic OH excluding ortho intramolecular Hbond substituents is 1. The minimum absolute atomic E-state index is 0.0199. The quantitative estimate of drug-likeness (QED) is 0.200. The number of ketones is 2. The van der Waals surface area contributed by atoms with Gasteiger partial charge in [-0.2, -0.15) is 0 Å². The Morgan fingerprint density at radius 2 is 1.60 bits per heavy atom. The maximum absolute atomic E-state index is 14.0. The monoisotopic (exact) mass is 639 g/mol. The first-order valence-electron chi connectivity index (χ1n) is 15.3. The average molecular weight is 640 g/mol. The molecule has 0 heterocycles. The van der Waals surface area contributed by atoms with Crippen LogP contribution in [0.15, 0.2) is 83.3 Å². The number of aliphatic hydroxyl groups is 3. The Kier molecular flexibility index (Phi) is 8.17. The summed E-state index contributed by atoms with van der Waals surface area (Å²) in [5, 5.41) is 48.6. The molecule has 0 unspecified atom stereocenters. The predicted octanol–water partition coefficient (Wildman–Crippen LogP) is 3.09. The average Bonchev–Trinajstić information content (AvgIpc) is 3.03. The van der Waals surface area contributed by atoms with Gasteiger partial charge in [-0.1, -0.05) is 42.5 Å². The Balaban J connectivity index is 1.31. The molecule has 0 radical (unpaired) electrons. The molecule has 0 saturated carbocycles. The van der Waals surface area contributed by atoms with Gasteiger partial charge in [0.1, 0.15) is 28.6 Å². The third kappa shape index (κ3) is 5.16. The van der Waals surface area contributed by atoms with Crippen molar-refractivity contribution >= 4 is 17.5 Å². The summed E-state index contributed by atoms with van der Waals surface area (Å²) < 4.78 is 5.21. The van der Waals surface area contributed by atoms with Gasteiger partial charge in [-0.15, -0.1) is 0 Å². The van der Waals surface area contributed by atoms with Crippen molar-refractivity contribution in [2.24, 2.45) is 17.6 Å². The van der Waals surface area contributed by atoms with Gasteiger partial charge in [-0.3, -0.25) is 19.3 Å². The summed E-state index contributed by atoms with van der Waals surface area (Å²) in [6, 6.07) is 17.8. The fourth-order valence-corrected chi connectivity index (χ4v) is 7.42. The van der Waals surface area contributed by atoms with Gasteiger partial charge in [-0.25, -0.2) is 0 Å². The SMILES string of the molecule is COc1ccc(CNCc2ccc(-c3ccc(O)c4c3C[C@@H]3C[C@@H]5[C@@H](N(C)C)C(O)=C(C(N)=O)C(=O)[C@@]5(O)C(O)=C3C4=O)cc2)cc1. The smallest absolute Gasteiger partial charge is 0.255 e. The molecular weight excluding hydrogens is 602 g/mol. The van der Waals surface area contributed by atoms with Crippen LogP contribution in [-0.2, 0) is 29.1 Å². The number of aromatic hydroxyl groups is 1. The van der Waals surface area contributed by atoms with Crippen molar-refractivity contribution in [2.75, 3.05) is 21.2 Å². The van der Waals surface area contributed by atoms with E-state index in [1.165, 1.54) is 11.0 Å². The summed E-state index contributed by atoms with van der Waals surface area (Å²) in [6.07, 6.45) is 0.239. The van der Waals surface area contributed by atoms with Crippen LogP contribution in [0.4, 0.5) is 0 Å². The van der Waals surface area contributed by atoms with Crippen molar-refractivity contribution in [1.82, 2.24) is 10.2 Å². The van der Waals surface area contributed by atoms with E-state index < -0.39 is 58.0 Å². The molecule has 47 heavy (non-hydrogen) atoms. The van der Waals surface area contributed by atoms with Crippen LogP contribution in [0, 0.1) is 11.8 Å². The molecule has 7 N–H and O–H groups in total. The fourth-order valence-electron chi connectivity index (χ4n) is 7.42. The zero-order valence-electron chi connectivity index (χ0n) is 26.3. The molecule has 0 aromatic heterocycles. The van der Waals surface area contributed by atoms with Gasteiger partial charge >= 0.3 is 0 Å². The highest BCUT2D eigenvalue weighted by Crippen LogP contribution is 2.53.